The van der Waals surface area contributed by atoms with Crippen LogP contribution in [0.5, 0.6) is 0 Å². The zero-order chi connectivity index (χ0) is 14.4. The van der Waals surface area contributed by atoms with E-state index < -0.39 is 11.8 Å². The molecule has 0 atom stereocenters. The van der Waals surface area contributed by atoms with Gasteiger partial charge in [0.1, 0.15) is 5.82 Å². The zero-order valence-corrected chi connectivity index (χ0v) is 11.8. The van der Waals surface area contributed by atoms with Gasteiger partial charge < -0.3 is 10.0 Å². The molecular weight excluding hydrogens is 271 g/mol. The highest BCUT2D eigenvalue weighted by Crippen LogP contribution is 2.17. The van der Waals surface area contributed by atoms with E-state index in [4.69, 9.17) is 16.7 Å². The Hall–Kier alpha value is -1.17. The van der Waals surface area contributed by atoms with E-state index in [-0.39, 0.29) is 11.6 Å². The third-order valence-corrected chi connectivity index (χ3v) is 2.90. The standard InChI is InChI=1S/C13H18ClFN2O2/c1-16(2)5-6-17(9-13(18)19)8-10-3-4-12(15)11(14)7-10/h3-4,7H,5-6,8-9H2,1-2H3,(H,18,19). The molecule has 0 heterocycles. The van der Waals surface area contributed by atoms with Crippen molar-refractivity contribution in [2.24, 2.45) is 0 Å². The molecular formula is C13H18ClFN2O2. The predicted molar refractivity (Wildman–Crippen MR) is 72.9 cm³/mol. The van der Waals surface area contributed by atoms with Crippen LogP contribution in [0.1, 0.15) is 5.56 Å². The molecule has 0 saturated heterocycles. The summed E-state index contributed by atoms with van der Waals surface area (Å²) in [5.41, 5.74) is 0.798. The summed E-state index contributed by atoms with van der Waals surface area (Å²) >= 11 is 5.71. The molecule has 1 rings (SSSR count). The lowest BCUT2D eigenvalue weighted by Gasteiger charge is -2.22. The summed E-state index contributed by atoms with van der Waals surface area (Å²) in [6, 6.07) is 4.44. The summed E-state index contributed by atoms with van der Waals surface area (Å²) in [4.78, 5) is 14.6. The average Bonchev–Trinajstić information content (AvgIpc) is 2.30. The van der Waals surface area contributed by atoms with Gasteiger partial charge in [0.15, 0.2) is 0 Å². The first kappa shape index (κ1) is 15.9. The number of carboxylic acids is 1. The van der Waals surface area contributed by atoms with Crippen LogP contribution in [0.3, 0.4) is 0 Å². The largest absolute Gasteiger partial charge is 0.480 e. The molecule has 0 unspecified atom stereocenters. The van der Waals surface area contributed by atoms with Crippen LogP contribution in [0.15, 0.2) is 18.2 Å². The number of carbonyl (C=O) groups is 1. The van der Waals surface area contributed by atoms with Gasteiger partial charge in [0, 0.05) is 19.6 Å². The smallest absolute Gasteiger partial charge is 0.317 e. The quantitative estimate of drug-likeness (QED) is 0.833. The first-order chi connectivity index (χ1) is 8.88. The molecule has 0 aliphatic carbocycles. The van der Waals surface area contributed by atoms with Gasteiger partial charge in [0.05, 0.1) is 11.6 Å². The van der Waals surface area contributed by atoms with Gasteiger partial charge in [-0.15, -0.1) is 0 Å². The van der Waals surface area contributed by atoms with Crippen LogP contribution in [0.4, 0.5) is 4.39 Å². The van der Waals surface area contributed by atoms with Crippen molar-refractivity contribution < 1.29 is 14.3 Å². The molecule has 6 heteroatoms. The van der Waals surface area contributed by atoms with Crippen LogP contribution < -0.4 is 0 Å². The van der Waals surface area contributed by atoms with Gasteiger partial charge in [-0.1, -0.05) is 17.7 Å². The number of likely N-dealkylation sites (N-methyl/N-ethyl adjacent to an activating group) is 1. The Morgan fingerprint density at radius 1 is 1.37 bits per heavy atom. The van der Waals surface area contributed by atoms with Gasteiger partial charge in [-0.2, -0.15) is 0 Å². The van der Waals surface area contributed by atoms with E-state index in [0.29, 0.717) is 13.1 Å². The van der Waals surface area contributed by atoms with Crippen LogP contribution in [0, 0.1) is 5.82 Å². The predicted octanol–water partition coefficient (Wildman–Crippen LogP) is 1.93. The van der Waals surface area contributed by atoms with Crippen LogP contribution in [0.25, 0.3) is 0 Å². The molecule has 0 spiro atoms. The van der Waals surface area contributed by atoms with Crippen molar-refractivity contribution in [1.29, 1.82) is 0 Å². The maximum absolute atomic E-state index is 13.1. The number of hydrogen-bond donors (Lipinski definition) is 1. The Labute approximate surface area is 117 Å². The van der Waals surface area contributed by atoms with E-state index >= 15 is 0 Å². The summed E-state index contributed by atoms with van der Waals surface area (Å²) in [6.45, 7) is 1.75. The molecule has 0 saturated carbocycles. The van der Waals surface area contributed by atoms with Crippen LogP contribution in [-0.2, 0) is 11.3 Å². The third-order valence-electron chi connectivity index (χ3n) is 2.61. The minimum absolute atomic E-state index is 0.0527. The maximum atomic E-state index is 13.1. The molecule has 1 aromatic rings. The van der Waals surface area contributed by atoms with E-state index in [1.807, 2.05) is 19.0 Å². The number of aliphatic carboxylic acids is 1. The molecule has 0 fully saturated rings. The SMILES string of the molecule is CN(C)CCN(CC(=O)O)Cc1ccc(F)c(Cl)c1. The van der Waals surface area contributed by atoms with Crippen molar-refractivity contribution in [3.05, 3.63) is 34.6 Å². The highest BCUT2D eigenvalue weighted by molar-refractivity contribution is 6.30. The lowest BCUT2D eigenvalue weighted by molar-refractivity contribution is -0.138. The lowest BCUT2D eigenvalue weighted by Crippen LogP contribution is -2.35. The van der Waals surface area contributed by atoms with Gasteiger partial charge in [-0.3, -0.25) is 9.69 Å². The summed E-state index contributed by atoms with van der Waals surface area (Å²) in [5.74, 6) is -1.35. The molecule has 0 aliphatic rings. The summed E-state index contributed by atoms with van der Waals surface area (Å²) in [6.07, 6.45) is 0. The molecule has 0 amide bonds. The number of carboxylic acid groups (broad SMARTS) is 1. The number of halogens is 2. The molecule has 0 radical (unpaired) electrons. The maximum Gasteiger partial charge on any atom is 0.317 e. The minimum atomic E-state index is -0.882. The molecule has 4 nitrogen and oxygen atoms in total. The highest BCUT2D eigenvalue weighted by Gasteiger charge is 2.11. The lowest BCUT2D eigenvalue weighted by atomic mass is 10.2. The molecule has 0 aliphatic heterocycles. The minimum Gasteiger partial charge on any atom is -0.480 e. The Kier molecular flexibility index (Phi) is 6.21. The first-order valence-electron chi connectivity index (χ1n) is 5.91. The normalized spacial score (nSPS) is 11.3. The van der Waals surface area contributed by atoms with Crippen molar-refractivity contribution in [2.45, 2.75) is 6.54 Å². The fourth-order valence-corrected chi connectivity index (χ4v) is 1.85. The number of benzene rings is 1. The van der Waals surface area contributed by atoms with Crippen molar-refractivity contribution in [2.75, 3.05) is 33.7 Å². The second-order valence-electron chi connectivity index (χ2n) is 4.66. The molecule has 1 N–H and O–H groups in total. The van der Waals surface area contributed by atoms with Crippen LogP contribution in [-0.4, -0.2) is 54.6 Å². The van der Waals surface area contributed by atoms with Gasteiger partial charge in [0.2, 0.25) is 0 Å². The van der Waals surface area contributed by atoms with E-state index in [9.17, 15) is 9.18 Å². The van der Waals surface area contributed by atoms with Crippen LogP contribution in [0.2, 0.25) is 5.02 Å². The number of rotatable bonds is 7. The Morgan fingerprint density at radius 3 is 2.58 bits per heavy atom. The Balaban J connectivity index is 2.69. The Bertz CT molecular complexity index is 441. The van der Waals surface area contributed by atoms with E-state index in [0.717, 1.165) is 12.1 Å². The van der Waals surface area contributed by atoms with Gasteiger partial charge in [0.25, 0.3) is 0 Å². The number of nitrogens with zero attached hydrogens (tertiary/aromatic N) is 2. The van der Waals surface area contributed by atoms with Crippen LogP contribution >= 0.6 is 11.6 Å². The van der Waals surface area contributed by atoms with Crippen molar-refractivity contribution >= 4 is 17.6 Å². The van der Waals surface area contributed by atoms with Gasteiger partial charge >= 0.3 is 5.97 Å². The van der Waals surface area contributed by atoms with Crippen molar-refractivity contribution in [3.8, 4) is 0 Å². The van der Waals surface area contributed by atoms with E-state index in [1.165, 1.54) is 12.1 Å². The first-order valence-corrected chi connectivity index (χ1v) is 6.29. The summed E-state index contributed by atoms with van der Waals surface area (Å²) < 4.78 is 13.1. The Morgan fingerprint density at radius 2 is 2.05 bits per heavy atom. The second-order valence-corrected chi connectivity index (χ2v) is 5.06. The highest BCUT2D eigenvalue weighted by atomic mass is 35.5. The van der Waals surface area contributed by atoms with Crippen molar-refractivity contribution in [3.63, 3.8) is 0 Å². The molecule has 106 valence electrons. The second kappa shape index (κ2) is 7.43. The topological polar surface area (TPSA) is 43.8 Å². The monoisotopic (exact) mass is 288 g/mol. The average molecular weight is 289 g/mol. The third kappa shape index (κ3) is 6.00. The van der Waals surface area contributed by atoms with E-state index in [2.05, 4.69) is 0 Å². The van der Waals surface area contributed by atoms with Gasteiger partial charge in [-0.25, -0.2) is 4.39 Å². The summed E-state index contributed by atoms with van der Waals surface area (Å²) in [5, 5.41) is 8.94. The molecule has 0 bridgehead atoms. The fourth-order valence-electron chi connectivity index (χ4n) is 1.64. The molecule has 0 aromatic heterocycles. The zero-order valence-electron chi connectivity index (χ0n) is 11.1. The van der Waals surface area contributed by atoms with Gasteiger partial charge in [-0.05, 0) is 31.8 Å². The molecule has 19 heavy (non-hydrogen) atoms. The van der Waals surface area contributed by atoms with E-state index in [1.54, 1.807) is 11.0 Å². The van der Waals surface area contributed by atoms with Crippen molar-refractivity contribution in [1.82, 2.24) is 9.80 Å². The summed E-state index contributed by atoms with van der Waals surface area (Å²) in [7, 11) is 3.85. The molecule has 1 aromatic carbocycles. The fraction of sp³-hybridized carbons (Fsp3) is 0.462. The number of hydrogen-bond acceptors (Lipinski definition) is 3.